The minimum Gasteiger partial charge on any atom is -0.466 e. The summed E-state index contributed by atoms with van der Waals surface area (Å²) in [5.74, 6) is 0.742. The number of furan rings is 1. The fraction of sp³-hybridized carbons (Fsp3) is 0.600. The van der Waals surface area contributed by atoms with E-state index in [1.54, 1.807) is 0 Å². The highest BCUT2D eigenvalue weighted by atomic mass is 16.3. The van der Waals surface area contributed by atoms with Crippen LogP contribution in [0, 0.1) is 19.8 Å². The predicted octanol–water partition coefficient (Wildman–Crippen LogP) is 0.710. The summed E-state index contributed by atoms with van der Waals surface area (Å²) < 4.78 is 5.55. The van der Waals surface area contributed by atoms with E-state index in [1.807, 2.05) is 13.8 Å². The van der Waals surface area contributed by atoms with Crippen LogP contribution in [0.4, 0.5) is 0 Å². The molecule has 0 aromatic carbocycles. The summed E-state index contributed by atoms with van der Waals surface area (Å²) in [6.45, 7) is 7.36. The summed E-state index contributed by atoms with van der Waals surface area (Å²) in [5, 5.41) is 2.58. The third-order valence-electron chi connectivity index (χ3n) is 4.02. The number of rotatable bonds is 4. The average molecular weight is 293 g/mol. The molecule has 0 spiro atoms. The molecule has 21 heavy (non-hydrogen) atoms. The quantitative estimate of drug-likeness (QED) is 0.800. The van der Waals surface area contributed by atoms with Gasteiger partial charge in [0.2, 0.25) is 0 Å². The molecule has 0 bridgehead atoms. The first-order valence-corrected chi connectivity index (χ1v) is 7.31. The van der Waals surface area contributed by atoms with Gasteiger partial charge in [-0.25, -0.2) is 0 Å². The van der Waals surface area contributed by atoms with Gasteiger partial charge < -0.3 is 15.5 Å². The topological polar surface area (TPSA) is 88.6 Å². The molecular weight excluding hydrogens is 270 g/mol. The molecule has 0 radical (unpaired) electrons. The minimum atomic E-state index is -0.918. The minimum absolute atomic E-state index is 0.414. The molecule has 6 heteroatoms. The molecule has 0 saturated carbocycles. The number of carbonyl (C=O) groups excluding carboxylic acids is 2. The summed E-state index contributed by atoms with van der Waals surface area (Å²) in [6.07, 6.45) is 2.02. The van der Waals surface area contributed by atoms with Gasteiger partial charge in [0, 0.05) is 18.7 Å². The van der Waals surface area contributed by atoms with Gasteiger partial charge in [-0.3, -0.25) is 14.5 Å². The highest BCUT2D eigenvalue weighted by molar-refractivity contribution is 6.34. The summed E-state index contributed by atoms with van der Waals surface area (Å²) in [4.78, 5) is 24.2. The van der Waals surface area contributed by atoms with Crippen molar-refractivity contribution in [1.82, 2.24) is 10.2 Å². The van der Waals surface area contributed by atoms with Crippen molar-refractivity contribution in [3.05, 3.63) is 23.2 Å². The molecule has 1 saturated heterocycles. The second kappa shape index (κ2) is 6.76. The van der Waals surface area contributed by atoms with E-state index in [4.69, 9.17) is 10.2 Å². The Bertz CT molecular complexity index is 516. The van der Waals surface area contributed by atoms with Gasteiger partial charge in [-0.15, -0.1) is 0 Å². The maximum absolute atomic E-state index is 11.1. The number of nitrogens with zero attached hydrogens (tertiary/aromatic N) is 1. The maximum Gasteiger partial charge on any atom is 0.309 e. The van der Waals surface area contributed by atoms with Crippen LogP contribution in [0.25, 0.3) is 0 Å². The molecule has 1 aromatic rings. The number of amides is 2. The number of piperidine rings is 1. The van der Waals surface area contributed by atoms with E-state index in [9.17, 15) is 9.59 Å². The highest BCUT2D eigenvalue weighted by Crippen LogP contribution is 2.21. The standard InChI is InChI=1S/C15H23N3O3/c1-10-7-13(11(2)21-10)9-18-5-3-12(4-6-18)8-17-15(20)14(16)19/h7,12H,3-6,8-9H2,1-2H3,(H2,16,19)(H,17,20). The van der Waals surface area contributed by atoms with Crippen LogP contribution in [0.1, 0.15) is 29.9 Å². The normalized spacial score (nSPS) is 16.9. The first kappa shape index (κ1) is 15.6. The van der Waals surface area contributed by atoms with Crippen LogP contribution in [-0.2, 0) is 16.1 Å². The molecule has 0 unspecified atom stereocenters. The Balaban J connectivity index is 1.74. The zero-order valence-electron chi connectivity index (χ0n) is 12.6. The Morgan fingerprint density at radius 1 is 1.38 bits per heavy atom. The maximum atomic E-state index is 11.1. The van der Waals surface area contributed by atoms with Crippen molar-refractivity contribution in [1.29, 1.82) is 0 Å². The van der Waals surface area contributed by atoms with E-state index in [2.05, 4.69) is 16.3 Å². The first-order valence-electron chi connectivity index (χ1n) is 7.31. The van der Waals surface area contributed by atoms with E-state index in [1.165, 1.54) is 5.56 Å². The average Bonchev–Trinajstić information content (AvgIpc) is 2.75. The molecule has 116 valence electrons. The number of carbonyl (C=O) groups is 2. The van der Waals surface area contributed by atoms with Gasteiger partial charge in [-0.1, -0.05) is 0 Å². The van der Waals surface area contributed by atoms with Crippen LogP contribution in [0.5, 0.6) is 0 Å². The van der Waals surface area contributed by atoms with E-state index in [0.717, 1.165) is 44.0 Å². The Hall–Kier alpha value is -1.82. The van der Waals surface area contributed by atoms with E-state index >= 15 is 0 Å². The number of aryl methyl sites for hydroxylation is 2. The van der Waals surface area contributed by atoms with E-state index < -0.39 is 11.8 Å². The SMILES string of the molecule is Cc1cc(CN2CCC(CNC(=O)C(N)=O)CC2)c(C)o1. The summed E-state index contributed by atoms with van der Waals surface area (Å²) in [7, 11) is 0. The van der Waals surface area contributed by atoms with Crippen molar-refractivity contribution in [3.8, 4) is 0 Å². The van der Waals surface area contributed by atoms with Gasteiger partial charge in [0.15, 0.2) is 0 Å². The van der Waals surface area contributed by atoms with Crippen LogP contribution >= 0.6 is 0 Å². The molecule has 6 nitrogen and oxygen atoms in total. The molecule has 0 aliphatic carbocycles. The fourth-order valence-electron chi connectivity index (χ4n) is 2.75. The number of primary amides is 1. The van der Waals surface area contributed by atoms with E-state index in [-0.39, 0.29) is 0 Å². The van der Waals surface area contributed by atoms with Crippen molar-refractivity contribution in [2.45, 2.75) is 33.2 Å². The second-order valence-electron chi connectivity index (χ2n) is 5.73. The molecule has 3 N–H and O–H groups in total. The van der Waals surface area contributed by atoms with Gasteiger partial charge in [0.05, 0.1) is 0 Å². The molecule has 2 heterocycles. The molecule has 2 amide bonds. The molecule has 1 aliphatic heterocycles. The van der Waals surface area contributed by atoms with Gasteiger partial charge in [0.1, 0.15) is 11.5 Å². The van der Waals surface area contributed by atoms with Crippen molar-refractivity contribution >= 4 is 11.8 Å². The number of likely N-dealkylation sites (tertiary alicyclic amines) is 1. The van der Waals surface area contributed by atoms with Crippen LogP contribution in [-0.4, -0.2) is 36.3 Å². The Kier molecular flexibility index (Phi) is 5.01. The predicted molar refractivity (Wildman–Crippen MR) is 78.4 cm³/mol. The third kappa shape index (κ3) is 4.32. The number of nitrogens with two attached hydrogens (primary N) is 1. The van der Waals surface area contributed by atoms with Gasteiger partial charge in [0.25, 0.3) is 0 Å². The second-order valence-corrected chi connectivity index (χ2v) is 5.73. The first-order chi connectivity index (χ1) is 9.95. The Morgan fingerprint density at radius 3 is 2.57 bits per heavy atom. The zero-order chi connectivity index (χ0) is 15.4. The number of hydrogen-bond donors (Lipinski definition) is 2. The van der Waals surface area contributed by atoms with Gasteiger partial charge in [-0.2, -0.15) is 0 Å². The fourth-order valence-corrected chi connectivity index (χ4v) is 2.75. The van der Waals surface area contributed by atoms with Crippen LogP contribution < -0.4 is 11.1 Å². The summed E-state index contributed by atoms with van der Waals surface area (Å²) in [5.41, 5.74) is 6.15. The smallest absolute Gasteiger partial charge is 0.309 e. The number of nitrogens with one attached hydrogen (secondary N) is 1. The summed E-state index contributed by atoms with van der Waals surface area (Å²) >= 11 is 0. The van der Waals surface area contributed by atoms with E-state index in [0.29, 0.717) is 12.5 Å². The molecule has 0 atom stereocenters. The lowest BCUT2D eigenvalue weighted by Gasteiger charge is -2.31. The van der Waals surface area contributed by atoms with Crippen molar-refractivity contribution in [2.24, 2.45) is 11.7 Å². The van der Waals surface area contributed by atoms with Gasteiger partial charge >= 0.3 is 11.8 Å². The summed E-state index contributed by atoms with van der Waals surface area (Å²) in [6, 6.07) is 2.09. The van der Waals surface area contributed by atoms with Crippen LogP contribution in [0.15, 0.2) is 10.5 Å². The van der Waals surface area contributed by atoms with Crippen LogP contribution in [0.3, 0.4) is 0 Å². The molecule has 1 aliphatic rings. The van der Waals surface area contributed by atoms with Crippen molar-refractivity contribution in [3.63, 3.8) is 0 Å². The number of hydrogen-bond acceptors (Lipinski definition) is 4. The van der Waals surface area contributed by atoms with Crippen LogP contribution in [0.2, 0.25) is 0 Å². The highest BCUT2D eigenvalue weighted by Gasteiger charge is 2.21. The molecular formula is C15H23N3O3. The zero-order valence-corrected chi connectivity index (χ0v) is 12.6. The molecule has 1 aromatic heterocycles. The van der Waals surface area contributed by atoms with Gasteiger partial charge in [-0.05, 0) is 51.8 Å². The van der Waals surface area contributed by atoms with Crippen molar-refractivity contribution < 1.29 is 14.0 Å². The third-order valence-corrected chi connectivity index (χ3v) is 4.02. The lowest BCUT2D eigenvalue weighted by atomic mass is 9.96. The molecule has 1 fully saturated rings. The molecule has 2 rings (SSSR count). The lowest BCUT2D eigenvalue weighted by Crippen LogP contribution is -2.41. The Labute approximate surface area is 124 Å². The van der Waals surface area contributed by atoms with Crippen molar-refractivity contribution in [2.75, 3.05) is 19.6 Å². The Morgan fingerprint density at radius 2 is 2.05 bits per heavy atom. The lowest BCUT2D eigenvalue weighted by molar-refractivity contribution is -0.137. The largest absolute Gasteiger partial charge is 0.466 e. The monoisotopic (exact) mass is 293 g/mol.